The minimum Gasteiger partial charge on any atom is -0.391 e. The third-order valence-electron chi connectivity index (χ3n) is 1.94. The van der Waals surface area contributed by atoms with Crippen LogP contribution in [0.15, 0.2) is 12.1 Å². The summed E-state index contributed by atoms with van der Waals surface area (Å²) in [6.45, 7) is 0.862. The van der Waals surface area contributed by atoms with Gasteiger partial charge in [0.2, 0.25) is 0 Å². The number of halogens is 1. The van der Waals surface area contributed by atoms with Crippen LogP contribution in [0, 0.1) is 0 Å². The van der Waals surface area contributed by atoms with E-state index in [0.29, 0.717) is 10.9 Å². The third kappa shape index (κ3) is 2.77. The van der Waals surface area contributed by atoms with Crippen LogP contribution in [0.3, 0.4) is 0 Å². The fourth-order valence-electron chi connectivity index (χ4n) is 1.38. The Kier molecular flexibility index (Phi) is 3.04. The zero-order valence-electron chi connectivity index (χ0n) is 7.73. The molecule has 0 spiro atoms. The summed E-state index contributed by atoms with van der Waals surface area (Å²) in [6, 6.07) is 3.68. The van der Waals surface area contributed by atoms with Crippen LogP contribution in [-0.2, 0) is 20.9 Å². The summed E-state index contributed by atoms with van der Waals surface area (Å²) in [7, 11) is 0. The van der Waals surface area contributed by atoms with Crippen molar-refractivity contribution in [3.05, 3.63) is 21.3 Å². The van der Waals surface area contributed by atoms with E-state index in [0.717, 1.165) is 4.88 Å². The summed E-state index contributed by atoms with van der Waals surface area (Å²) in [5.41, 5.74) is 0. The molecule has 1 aromatic heterocycles. The Balaban J connectivity index is 2.00. The number of morpholine rings is 1. The normalized spacial score (nSPS) is 17.9. The van der Waals surface area contributed by atoms with E-state index >= 15 is 0 Å². The Hall–Kier alpha value is -0.910. The van der Waals surface area contributed by atoms with Crippen molar-refractivity contribution in [2.75, 3.05) is 13.1 Å². The fraction of sp³-hybridized carbons (Fsp3) is 0.333. The van der Waals surface area contributed by atoms with Crippen LogP contribution in [0.4, 0.5) is 0 Å². The van der Waals surface area contributed by atoms with Crippen molar-refractivity contribution in [2.24, 2.45) is 0 Å². The number of ether oxygens (including phenoxy) is 1. The van der Waals surface area contributed by atoms with Gasteiger partial charge in [-0.15, -0.1) is 11.3 Å². The van der Waals surface area contributed by atoms with Gasteiger partial charge in [-0.3, -0.25) is 14.5 Å². The first-order valence-corrected chi connectivity index (χ1v) is 5.53. The molecule has 0 unspecified atom stereocenters. The van der Waals surface area contributed by atoms with E-state index in [1.54, 1.807) is 11.0 Å². The molecule has 4 nitrogen and oxygen atoms in total. The predicted molar refractivity (Wildman–Crippen MR) is 55.7 cm³/mol. The van der Waals surface area contributed by atoms with Gasteiger partial charge in [0.05, 0.1) is 17.4 Å². The molecule has 1 aliphatic rings. The van der Waals surface area contributed by atoms with E-state index in [9.17, 15) is 9.59 Å². The predicted octanol–water partition coefficient (Wildman–Crippen LogP) is 1.29. The highest BCUT2D eigenvalue weighted by atomic mass is 35.5. The number of carbonyl (C=O) groups excluding carboxylic acids is 2. The van der Waals surface area contributed by atoms with Gasteiger partial charge in [-0.1, -0.05) is 11.6 Å². The van der Waals surface area contributed by atoms with E-state index in [1.807, 2.05) is 6.07 Å². The molecule has 0 N–H and O–H groups in total. The number of carbonyl (C=O) groups is 2. The number of hydrogen-bond donors (Lipinski definition) is 0. The van der Waals surface area contributed by atoms with Gasteiger partial charge in [0, 0.05) is 11.4 Å². The second-order valence-electron chi connectivity index (χ2n) is 3.20. The van der Waals surface area contributed by atoms with Gasteiger partial charge >= 0.3 is 11.9 Å². The van der Waals surface area contributed by atoms with Crippen molar-refractivity contribution in [1.82, 2.24) is 4.90 Å². The van der Waals surface area contributed by atoms with Crippen molar-refractivity contribution in [3.63, 3.8) is 0 Å². The second-order valence-corrected chi connectivity index (χ2v) is 5.00. The summed E-state index contributed by atoms with van der Waals surface area (Å²) in [5.74, 6) is -0.984. The molecule has 1 fully saturated rings. The summed E-state index contributed by atoms with van der Waals surface area (Å²) in [6.07, 6.45) is 0. The van der Waals surface area contributed by atoms with Crippen molar-refractivity contribution < 1.29 is 14.3 Å². The first-order chi connectivity index (χ1) is 7.13. The van der Waals surface area contributed by atoms with Crippen molar-refractivity contribution in [2.45, 2.75) is 6.54 Å². The fourth-order valence-corrected chi connectivity index (χ4v) is 2.51. The summed E-state index contributed by atoms with van der Waals surface area (Å²) < 4.78 is 5.12. The first kappa shape index (κ1) is 10.6. The number of thiophene rings is 1. The number of nitrogens with zero attached hydrogens (tertiary/aromatic N) is 1. The largest absolute Gasteiger partial charge is 0.391 e. The monoisotopic (exact) mass is 245 g/mol. The molecule has 6 heteroatoms. The highest BCUT2D eigenvalue weighted by Gasteiger charge is 2.24. The van der Waals surface area contributed by atoms with E-state index in [-0.39, 0.29) is 13.1 Å². The van der Waals surface area contributed by atoms with Crippen LogP contribution in [0.2, 0.25) is 4.34 Å². The first-order valence-electron chi connectivity index (χ1n) is 4.33. The molecule has 15 heavy (non-hydrogen) atoms. The highest BCUT2D eigenvalue weighted by Crippen LogP contribution is 2.22. The van der Waals surface area contributed by atoms with E-state index in [4.69, 9.17) is 11.6 Å². The summed E-state index contributed by atoms with van der Waals surface area (Å²) >= 11 is 7.22. The van der Waals surface area contributed by atoms with Crippen molar-refractivity contribution in [3.8, 4) is 0 Å². The molecular formula is C9H8ClNO3S. The lowest BCUT2D eigenvalue weighted by atomic mass is 10.3. The zero-order chi connectivity index (χ0) is 10.8. The molecule has 0 amide bonds. The lowest BCUT2D eigenvalue weighted by Gasteiger charge is -2.23. The standard InChI is InChI=1S/C9H8ClNO3S/c10-7-2-1-6(15-7)3-11-4-8(12)14-9(13)5-11/h1-2H,3-5H2. The maximum Gasteiger partial charge on any atom is 0.327 e. The van der Waals surface area contributed by atoms with Crippen molar-refractivity contribution >= 4 is 34.9 Å². The number of cyclic esters (lactones) is 2. The molecule has 1 saturated heterocycles. The van der Waals surface area contributed by atoms with E-state index in [2.05, 4.69) is 4.74 Å². The lowest BCUT2D eigenvalue weighted by molar-refractivity contribution is -0.167. The average Bonchev–Trinajstić information content (AvgIpc) is 2.49. The van der Waals surface area contributed by atoms with Crippen LogP contribution in [0.1, 0.15) is 4.88 Å². The number of rotatable bonds is 2. The molecule has 1 aromatic rings. The molecule has 2 heterocycles. The molecular weight excluding hydrogens is 238 g/mol. The van der Waals surface area contributed by atoms with Crippen LogP contribution in [0.5, 0.6) is 0 Å². The smallest absolute Gasteiger partial charge is 0.327 e. The van der Waals surface area contributed by atoms with E-state index in [1.165, 1.54) is 11.3 Å². The maximum atomic E-state index is 11.0. The Bertz CT molecular complexity index is 388. The number of esters is 2. The Morgan fingerprint density at radius 2 is 2.00 bits per heavy atom. The highest BCUT2D eigenvalue weighted by molar-refractivity contribution is 7.16. The van der Waals surface area contributed by atoms with Gasteiger partial charge in [0.25, 0.3) is 0 Å². The molecule has 80 valence electrons. The van der Waals surface area contributed by atoms with Gasteiger partial charge in [-0.25, -0.2) is 0 Å². The van der Waals surface area contributed by atoms with E-state index < -0.39 is 11.9 Å². The van der Waals surface area contributed by atoms with Crippen LogP contribution in [0.25, 0.3) is 0 Å². The van der Waals surface area contributed by atoms with Crippen molar-refractivity contribution in [1.29, 1.82) is 0 Å². The van der Waals surface area contributed by atoms with Crippen LogP contribution < -0.4 is 0 Å². The van der Waals surface area contributed by atoms with Gasteiger partial charge in [-0.05, 0) is 12.1 Å². The SMILES string of the molecule is O=C1CN(Cc2ccc(Cl)s2)CC(=O)O1. The van der Waals surface area contributed by atoms with Gasteiger partial charge in [0.1, 0.15) is 0 Å². The van der Waals surface area contributed by atoms with Crippen LogP contribution in [-0.4, -0.2) is 29.9 Å². The molecule has 0 bridgehead atoms. The summed E-state index contributed by atoms with van der Waals surface area (Å²) in [5, 5.41) is 0. The Morgan fingerprint density at radius 3 is 2.53 bits per heavy atom. The molecule has 0 radical (unpaired) electrons. The average molecular weight is 246 g/mol. The molecule has 0 aliphatic carbocycles. The molecule has 1 aliphatic heterocycles. The van der Waals surface area contributed by atoms with Gasteiger partial charge in [-0.2, -0.15) is 0 Å². The Morgan fingerprint density at radius 1 is 1.33 bits per heavy atom. The maximum absolute atomic E-state index is 11.0. The van der Waals surface area contributed by atoms with Gasteiger partial charge < -0.3 is 4.74 Å². The number of hydrogen-bond acceptors (Lipinski definition) is 5. The molecule has 0 atom stereocenters. The zero-order valence-corrected chi connectivity index (χ0v) is 9.31. The quantitative estimate of drug-likeness (QED) is 0.582. The molecule has 0 aromatic carbocycles. The lowest BCUT2D eigenvalue weighted by Crippen LogP contribution is -2.42. The summed E-state index contributed by atoms with van der Waals surface area (Å²) in [4.78, 5) is 24.7. The van der Waals surface area contributed by atoms with Gasteiger partial charge in [0.15, 0.2) is 0 Å². The minimum absolute atomic E-state index is 0.154. The second kappa shape index (κ2) is 4.30. The topological polar surface area (TPSA) is 46.6 Å². The molecule has 0 saturated carbocycles. The molecule has 2 rings (SSSR count). The third-order valence-corrected chi connectivity index (χ3v) is 3.16. The Labute approximate surface area is 95.4 Å². The minimum atomic E-state index is -0.492. The van der Waals surface area contributed by atoms with Crippen LogP contribution >= 0.6 is 22.9 Å².